The van der Waals surface area contributed by atoms with E-state index in [1.54, 1.807) is 0 Å². The fourth-order valence-electron chi connectivity index (χ4n) is 3.66. The zero-order valence-electron chi connectivity index (χ0n) is 11.6. The number of benzene rings is 1. The van der Waals surface area contributed by atoms with Crippen LogP contribution in [-0.4, -0.2) is 13.1 Å². The van der Waals surface area contributed by atoms with Gasteiger partial charge in [0.15, 0.2) is 0 Å². The first-order valence-corrected chi connectivity index (χ1v) is 7.52. The molecule has 19 heavy (non-hydrogen) atoms. The summed E-state index contributed by atoms with van der Waals surface area (Å²) in [5.41, 5.74) is 3.08. The molecule has 0 atom stereocenters. The summed E-state index contributed by atoms with van der Waals surface area (Å²) in [6.07, 6.45) is 9.09. The lowest BCUT2D eigenvalue weighted by molar-refractivity contribution is 0.180. The summed E-state index contributed by atoms with van der Waals surface area (Å²) in [5, 5.41) is 8.69. The lowest BCUT2D eigenvalue weighted by atomic mass is 9.73. The fourth-order valence-corrected chi connectivity index (χ4v) is 3.66. The van der Waals surface area contributed by atoms with E-state index in [1.165, 1.54) is 57.3 Å². The van der Waals surface area contributed by atoms with Crippen LogP contribution in [0.25, 0.3) is 0 Å². The minimum Gasteiger partial charge on any atom is -0.370 e. The van der Waals surface area contributed by atoms with E-state index in [2.05, 4.69) is 35.2 Å². The number of nitrogens with zero attached hydrogens (tertiary/aromatic N) is 2. The normalized spacial score (nSPS) is 21.5. The maximum absolute atomic E-state index is 8.69. The summed E-state index contributed by atoms with van der Waals surface area (Å²) < 4.78 is 0. The summed E-state index contributed by atoms with van der Waals surface area (Å²) in [4.78, 5) is 2.50. The molecule has 0 radical (unpaired) electrons. The van der Waals surface area contributed by atoms with Gasteiger partial charge in [0.2, 0.25) is 0 Å². The summed E-state index contributed by atoms with van der Waals surface area (Å²) in [6, 6.07) is 10.7. The van der Waals surface area contributed by atoms with Crippen LogP contribution in [-0.2, 0) is 6.42 Å². The van der Waals surface area contributed by atoms with Gasteiger partial charge in [-0.1, -0.05) is 37.8 Å². The Kier molecular flexibility index (Phi) is 3.46. The van der Waals surface area contributed by atoms with Crippen LogP contribution in [0.15, 0.2) is 24.3 Å². The molecule has 0 amide bonds. The number of rotatable bonds is 2. The van der Waals surface area contributed by atoms with E-state index in [0.29, 0.717) is 11.8 Å². The molecule has 100 valence electrons. The molecule has 1 saturated heterocycles. The molecule has 2 aliphatic rings. The van der Waals surface area contributed by atoms with Crippen molar-refractivity contribution in [2.24, 2.45) is 5.41 Å². The topological polar surface area (TPSA) is 27.0 Å². The fraction of sp³-hybridized carbons (Fsp3) is 0.588. The second-order valence-electron chi connectivity index (χ2n) is 6.27. The quantitative estimate of drug-likeness (QED) is 0.800. The average molecular weight is 254 g/mol. The van der Waals surface area contributed by atoms with E-state index in [4.69, 9.17) is 5.26 Å². The van der Waals surface area contributed by atoms with Crippen molar-refractivity contribution in [2.75, 3.05) is 18.0 Å². The molecule has 1 spiro atoms. The smallest absolute Gasteiger partial charge is 0.0669 e. The first kappa shape index (κ1) is 12.5. The van der Waals surface area contributed by atoms with Crippen molar-refractivity contribution in [1.82, 2.24) is 0 Å². The van der Waals surface area contributed by atoms with Crippen molar-refractivity contribution in [3.63, 3.8) is 0 Å². The van der Waals surface area contributed by atoms with Gasteiger partial charge in [0.25, 0.3) is 0 Å². The molecule has 2 nitrogen and oxygen atoms in total. The Morgan fingerprint density at radius 1 is 1.00 bits per heavy atom. The SMILES string of the molecule is N#CCc1ccc(N2CC3(CCCCCC3)C2)cc1. The third-order valence-electron chi connectivity index (χ3n) is 4.80. The predicted octanol–water partition coefficient (Wildman–Crippen LogP) is 3.91. The van der Waals surface area contributed by atoms with Gasteiger partial charge < -0.3 is 4.90 Å². The van der Waals surface area contributed by atoms with E-state index in [0.717, 1.165) is 5.56 Å². The monoisotopic (exact) mass is 254 g/mol. The average Bonchev–Trinajstić information content (AvgIpc) is 2.64. The highest BCUT2D eigenvalue weighted by molar-refractivity contribution is 5.51. The van der Waals surface area contributed by atoms with E-state index in [1.807, 2.05) is 0 Å². The largest absolute Gasteiger partial charge is 0.370 e. The first-order valence-electron chi connectivity index (χ1n) is 7.52. The van der Waals surface area contributed by atoms with Gasteiger partial charge in [-0.3, -0.25) is 0 Å². The lowest BCUT2D eigenvalue weighted by Gasteiger charge is -2.51. The van der Waals surface area contributed by atoms with Gasteiger partial charge in [0.05, 0.1) is 12.5 Å². The van der Waals surface area contributed by atoms with Crippen LogP contribution in [0.3, 0.4) is 0 Å². The maximum atomic E-state index is 8.69. The molecule has 0 N–H and O–H groups in total. The van der Waals surface area contributed by atoms with Crippen LogP contribution in [0.2, 0.25) is 0 Å². The van der Waals surface area contributed by atoms with Crippen molar-refractivity contribution in [3.05, 3.63) is 29.8 Å². The zero-order chi connectivity index (χ0) is 13.1. The summed E-state index contributed by atoms with van der Waals surface area (Å²) in [6.45, 7) is 2.48. The third-order valence-corrected chi connectivity index (χ3v) is 4.80. The highest BCUT2D eigenvalue weighted by Gasteiger charge is 2.42. The van der Waals surface area contributed by atoms with E-state index >= 15 is 0 Å². The highest BCUT2D eigenvalue weighted by atomic mass is 15.2. The van der Waals surface area contributed by atoms with Crippen LogP contribution < -0.4 is 4.90 Å². The molecule has 1 aromatic carbocycles. The van der Waals surface area contributed by atoms with Crippen molar-refractivity contribution >= 4 is 5.69 Å². The van der Waals surface area contributed by atoms with Crippen molar-refractivity contribution in [1.29, 1.82) is 5.26 Å². The molecular formula is C17H22N2. The summed E-state index contributed by atoms with van der Waals surface area (Å²) in [5.74, 6) is 0. The van der Waals surface area contributed by atoms with Gasteiger partial charge in [-0.2, -0.15) is 5.26 Å². The minimum absolute atomic E-state index is 0.518. The Labute approximate surface area is 116 Å². The minimum atomic E-state index is 0.518. The van der Waals surface area contributed by atoms with Crippen LogP contribution >= 0.6 is 0 Å². The molecule has 0 unspecified atom stereocenters. The van der Waals surface area contributed by atoms with Crippen LogP contribution in [0.5, 0.6) is 0 Å². The maximum Gasteiger partial charge on any atom is 0.0669 e. The van der Waals surface area contributed by atoms with Crippen LogP contribution in [0, 0.1) is 16.7 Å². The van der Waals surface area contributed by atoms with Gasteiger partial charge >= 0.3 is 0 Å². The van der Waals surface area contributed by atoms with E-state index in [9.17, 15) is 0 Å². The second-order valence-corrected chi connectivity index (χ2v) is 6.27. The lowest BCUT2D eigenvalue weighted by Crippen LogP contribution is -2.56. The van der Waals surface area contributed by atoms with Gasteiger partial charge in [-0.25, -0.2) is 0 Å². The molecule has 1 heterocycles. The van der Waals surface area contributed by atoms with Gasteiger partial charge in [0.1, 0.15) is 0 Å². The predicted molar refractivity (Wildman–Crippen MR) is 78.1 cm³/mol. The van der Waals surface area contributed by atoms with Crippen molar-refractivity contribution < 1.29 is 0 Å². The second kappa shape index (κ2) is 5.25. The van der Waals surface area contributed by atoms with E-state index < -0.39 is 0 Å². The Morgan fingerprint density at radius 3 is 2.21 bits per heavy atom. The molecule has 1 aliphatic carbocycles. The van der Waals surface area contributed by atoms with Crippen molar-refractivity contribution in [3.8, 4) is 6.07 Å². The summed E-state index contributed by atoms with van der Waals surface area (Å²) in [7, 11) is 0. The highest BCUT2D eigenvalue weighted by Crippen LogP contribution is 2.44. The Morgan fingerprint density at radius 2 is 1.63 bits per heavy atom. The molecule has 0 aromatic heterocycles. The van der Waals surface area contributed by atoms with Gasteiger partial charge in [-0.15, -0.1) is 0 Å². The number of hydrogen-bond acceptors (Lipinski definition) is 2. The molecule has 1 saturated carbocycles. The number of anilines is 1. The van der Waals surface area contributed by atoms with Crippen molar-refractivity contribution in [2.45, 2.75) is 44.9 Å². The molecule has 2 heteroatoms. The molecule has 2 fully saturated rings. The molecule has 0 bridgehead atoms. The van der Waals surface area contributed by atoms with Gasteiger partial charge in [0, 0.05) is 24.2 Å². The van der Waals surface area contributed by atoms with Crippen LogP contribution in [0.4, 0.5) is 5.69 Å². The molecule has 1 aliphatic heterocycles. The van der Waals surface area contributed by atoms with Crippen LogP contribution in [0.1, 0.15) is 44.1 Å². The molecular weight excluding hydrogens is 232 g/mol. The summed E-state index contributed by atoms with van der Waals surface area (Å²) >= 11 is 0. The number of nitriles is 1. The Hall–Kier alpha value is -1.49. The third kappa shape index (κ3) is 2.61. The Bertz CT molecular complexity index is 453. The standard InChI is InChI=1S/C17H22N2/c18-12-9-15-5-7-16(8-6-15)19-13-17(14-19)10-3-1-2-4-11-17/h5-8H,1-4,9-11,13-14H2. The first-order chi connectivity index (χ1) is 9.31. The molecule has 1 aromatic rings. The zero-order valence-corrected chi connectivity index (χ0v) is 11.6. The van der Waals surface area contributed by atoms with Gasteiger partial charge in [-0.05, 0) is 30.5 Å². The Balaban J connectivity index is 1.61. The molecule has 3 rings (SSSR count). The van der Waals surface area contributed by atoms with E-state index in [-0.39, 0.29) is 0 Å². The number of hydrogen-bond donors (Lipinski definition) is 0.